The lowest BCUT2D eigenvalue weighted by atomic mass is 9.69. The van der Waals surface area contributed by atoms with Gasteiger partial charge in [-0.05, 0) is 47.4 Å². The van der Waals surface area contributed by atoms with Crippen LogP contribution in [0.2, 0.25) is 0 Å². The van der Waals surface area contributed by atoms with Gasteiger partial charge in [0, 0.05) is 11.8 Å². The van der Waals surface area contributed by atoms with Gasteiger partial charge in [0.05, 0.1) is 0 Å². The molecule has 0 nitrogen and oxygen atoms in total. The molecule has 0 heteroatoms. The molecule has 4 rings (SSSR count). The van der Waals surface area contributed by atoms with Gasteiger partial charge in [-0.2, -0.15) is 0 Å². The van der Waals surface area contributed by atoms with Crippen molar-refractivity contribution in [1.29, 1.82) is 0 Å². The fourth-order valence-corrected chi connectivity index (χ4v) is 5.34. The van der Waals surface area contributed by atoms with E-state index in [1.165, 1.54) is 24.0 Å². The normalized spacial score (nSPS) is 21.8. The zero-order chi connectivity index (χ0) is 18.1. The molecule has 0 aliphatic heterocycles. The summed E-state index contributed by atoms with van der Waals surface area (Å²) in [4.78, 5) is 0. The molecule has 0 heterocycles. The van der Waals surface area contributed by atoms with Crippen LogP contribution in [0.3, 0.4) is 0 Å². The van der Waals surface area contributed by atoms with Crippen molar-refractivity contribution < 1.29 is 0 Å². The van der Waals surface area contributed by atoms with Gasteiger partial charge < -0.3 is 0 Å². The maximum atomic E-state index is 2.47. The molecule has 2 aromatic carbocycles. The fraction of sp³-hybridized carbons (Fsp3) is 0.385. The lowest BCUT2D eigenvalue weighted by Crippen LogP contribution is -2.22. The Balaban J connectivity index is 1.82. The second-order valence-corrected chi connectivity index (χ2v) is 7.81. The first-order chi connectivity index (χ1) is 12.8. The van der Waals surface area contributed by atoms with Gasteiger partial charge in [0.25, 0.3) is 0 Å². The number of hydrogen-bond acceptors (Lipinski definition) is 0. The quantitative estimate of drug-likeness (QED) is 0.507. The predicted molar refractivity (Wildman–Crippen MR) is 113 cm³/mol. The van der Waals surface area contributed by atoms with E-state index >= 15 is 0 Å². The summed E-state index contributed by atoms with van der Waals surface area (Å²) in [6.07, 6.45) is 9.78. The fourth-order valence-electron chi connectivity index (χ4n) is 5.34. The lowest BCUT2D eigenvalue weighted by Gasteiger charge is -2.34. The Morgan fingerprint density at radius 2 is 1.15 bits per heavy atom. The van der Waals surface area contributed by atoms with Gasteiger partial charge in [-0.25, -0.2) is 0 Å². The van der Waals surface area contributed by atoms with E-state index in [-0.39, 0.29) is 0 Å². The summed E-state index contributed by atoms with van der Waals surface area (Å²) in [6.45, 7) is 7.00. The monoisotopic (exact) mass is 342 g/mol. The van der Waals surface area contributed by atoms with Gasteiger partial charge in [-0.3, -0.25) is 0 Å². The highest BCUT2D eigenvalue weighted by atomic mass is 14.4. The van der Waals surface area contributed by atoms with Crippen LogP contribution in [0.4, 0.5) is 0 Å². The molecule has 2 unspecified atom stereocenters. The number of fused-ring (bicyclic) bond motifs is 2. The van der Waals surface area contributed by atoms with Crippen LogP contribution in [0.1, 0.15) is 80.5 Å². The first-order valence-corrected chi connectivity index (χ1v) is 10.4. The van der Waals surface area contributed by atoms with E-state index in [9.17, 15) is 0 Å². The Hall–Kier alpha value is -2.08. The van der Waals surface area contributed by atoms with E-state index in [0.29, 0.717) is 17.8 Å². The maximum absolute atomic E-state index is 2.47. The van der Waals surface area contributed by atoms with Crippen molar-refractivity contribution in [2.24, 2.45) is 5.92 Å². The van der Waals surface area contributed by atoms with Crippen LogP contribution in [0.5, 0.6) is 0 Å². The van der Waals surface area contributed by atoms with E-state index in [2.05, 4.69) is 81.5 Å². The van der Waals surface area contributed by atoms with E-state index < -0.39 is 0 Å². The third-order valence-corrected chi connectivity index (χ3v) is 6.44. The van der Waals surface area contributed by atoms with Crippen LogP contribution in [0.15, 0.2) is 59.7 Å². The summed E-state index contributed by atoms with van der Waals surface area (Å²) >= 11 is 0. The minimum Gasteiger partial charge on any atom is -0.0654 e. The molecule has 2 aliphatic rings. The molecule has 0 saturated carbocycles. The second kappa shape index (κ2) is 7.27. The summed E-state index contributed by atoms with van der Waals surface area (Å²) in [5.74, 6) is 1.80. The van der Waals surface area contributed by atoms with Crippen molar-refractivity contribution in [2.75, 3.05) is 0 Å². The highest BCUT2D eigenvalue weighted by Crippen LogP contribution is 2.54. The van der Waals surface area contributed by atoms with E-state index in [0.717, 1.165) is 12.8 Å². The van der Waals surface area contributed by atoms with Crippen LogP contribution < -0.4 is 0 Å². The van der Waals surface area contributed by atoms with Crippen LogP contribution >= 0.6 is 0 Å². The Morgan fingerprint density at radius 1 is 0.692 bits per heavy atom. The van der Waals surface area contributed by atoms with Crippen LogP contribution in [-0.2, 0) is 0 Å². The Kier molecular flexibility index (Phi) is 4.85. The van der Waals surface area contributed by atoms with Gasteiger partial charge in [0.15, 0.2) is 0 Å². The van der Waals surface area contributed by atoms with E-state index in [1.807, 2.05) is 0 Å². The standard InChI is InChI=1S/C26H30/c1-4-11-24(25-18(5-2)16-20-12-7-9-14-22(20)25)26-19(6-3)17-21-13-8-10-15-23(21)26/h7-10,12-17,24-26H,4-6,11H2,1-3H3. The summed E-state index contributed by atoms with van der Waals surface area (Å²) in [6, 6.07) is 18.2. The highest BCUT2D eigenvalue weighted by Gasteiger charge is 2.39. The highest BCUT2D eigenvalue weighted by molar-refractivity contribution is 5.70. The summed E-state index contributed by atoms with van der Waals surface area (Å²) in [5.41, 5.74) is 9.27. The number of benzene rings is 2. The largest absolute Gasteiger partial charge is 0.0654 e. The number of hydrogen-bond donors (Lipinski definition) is 0. The SMILES string of the molecule is CCCC(C1C(CC)=Cc2ccccc21)C1C(CC)=Cc2ccccc21. The van der Waals surface area contributed by atoms with Crippen molar-refractivity contribution in [1.82, 2.24) is 0 Å². The van der Waals surface area contributed by atoms with Crippen molar-refractivity contribution in [3.63, 3.8) is 0 Å². The van der Waals surface area contributed by atoms with Gasteiger partial charge in [0.1, 0.15) is 0 Å². The molecule has 0 amide bonds. The predicted octanol–water partition coefficient (Wildman–Crippen LogP) is 7.58. The van der Waals surface area contributed by atoms with Crippen LogP contribution in [0, 0.1) is 5.92 Å². The van der Waals surface area contributed by atoms with Crippen molar-refractivity contribution in [3.8, 4) is 0 Å². The summed E-state index contributed by atoms with van der Waals surface area (Å²) in [7, 11) is 0. The molecule has 134 valence electrons. The van der Waals surface area contributed by atoms with Gasteiger partial charge >= 0.3 is 0 Å². The van der Waals surface area contributed by atoms with E-state index in [1.54, 1.807) is 22.3 Å². The number of allylic oxidation sites excluding steroid dienone is 2. The van der Waals surface area contributed by atoms with Crippen molar-refractivity contribution in [3.05, 3.63) is 81.9 Å². The van der Waals surface area contributed by atoms with Gasteiger partial charge in [-0.15, -0.1) is 0 Å². The molecule has 26 heavy (non-hydrogen) atoms. The van der Waals surface area contributed by atoms with Crippen LogP contribution in [-0.4, -0.2) is 0 Å². The van der Waals surface area contributed by atoms with Gasteiger partial charge in [-0.1, -0.05) is 99.0 Å². The summed E-state index contributed by atoms with van der Waals surface area (Å²) in [5, 5.41) is 0. The molecule has 0 spiro atoms. The molecular formula is C26H30. The summed E-state index contributed by atoms with van der Waals surface area (Å²) < 4.78 is 0. The molecule has 0 bridgehead atoms. The minimum absolute atomic E-state index is 0.572. The molecule has 0 aromatic heterocycles. The molecule has 0 radical (unpaired) electrons. The van der Waals surface area contributed by atoms with Gasteiger partial charge in [0.2, 0.25) is 0 Å². The average molecular weight is 343 g/mol. The number of rotatable bonds is 6. The molecule has 0 saturated heterocycles. The second-order valence-electron chi connectivity index (χ2n) is 7.81. The molecule has 0 N–H and O–H groups in total. The molecule has 2 aromatic rings. The van der Waals surface area contributed by atoms with Crippen molar-refractivity contribution >= 4 is 12.2 Å². The average Bonchev–Trinajstić information content (AvgIpc) is 3.24. The first-order valence-electron chi connectivity index (χ1n) is 10.4. The molecule has 2 atom stereocenters. The third-order valence-electron chi connectivity index (χ3n) is 6.44. The zero-order valence-corrected chi connectivity index (χ0v) is 16.3. The first kappa shape index (κ1) is 17.3. The lowest BCUT2D eigenvalue weighted by molar-refractivity contribution is 0.377. The van der Waals surface area contributed by atoms with Crippen LogP contribution in [0.25, 0.3) is 12.2 Å². The minimum atomic E-state index is 0.572. The Labute approximate surface area is 158 Å². The molecule has 2 aliphatic carbocycles. The Bertz CT molecular complexity index is 782. The zero-order valence-electron chi connectivity index (χ0n) is 16.3. The topological polar surface area (TPSA) is 0 Å². The maximum Gasteiger partial charge on any atom is 0.00945 e. The van der Waals surface area contributed by atoms with E-state index in [4.69, 9.17) is 0 Å². The van der Waals surface area contributed by atoms with Crippen molar-refractivity contribution in [2.45, 2.75) is 58.3 Å². The Morgan fingerprint density at radius 3 is 1.58 bits per heavy atom. The molecular weight excluding hydrogens is 312 g/mol. The third kappa shape index (κ3) is 2.76. The molecule has 0 fully saturated rings. The smallest absolute Gasteiger partial charge is 0.00945 e.